The second kappa shape index (κ2) is 5.59. The molecule has 0 unspecified atom stereocenters. The summed E-state index contributed by atoms with van der Waals surface area (Å²) in [6.07, 6.45) is 0. The highest BCUT2D eigenvalue weighted by atomic mass is 35.5. The van der Waals surface area contributed by atoms with E-state index in [9.17, 15) is 0 Å². The molecule has 19 heavy (non-hydrogen) atoms. The molecule has 2 aromatic rings. The van der Waals surface area contributed by atoms with E-state index in [1.807, 2.05) is 18.2 Å². The largest absolute Gasteiger partial charge is 0.389 e. The van der Waals surface area contributed by atoms with Gasteiger partial charge in [-0.25, -0.2) is 0 Å². The molecule has 98 valence electrons. The van der Waals surface area contributed by atoms with Gasteiger partial charge in [0.25, 0.3) is 0 Å². The van der Waals surface area contributed by atoms with Gasteiger partial charge in [-0.3, -0.25) is 0 Å². The van der Waals surface area contributed by atoms with E-state index in [-0.39, 0.29) is 0 Å². The normalized spacial score (nSPS) is 10.3. The molecule has 0 saturated heterocycles. The van der Waals surface area contributed by atoms with Gasteiger partial charge in [0.1, 0.15) is 4.99 Å². The van der Waals surface area contributed by atoms with Crippen LogP contribution in [0.25, 0.3) is 0 Å². The first-order valence-corrected chi connectivity index (χ1v) is 6.69. The number of hydrogen-bond acceptors (Lipinski definition) is 2. The van der Waals surface area contributed by atoms with Crippen molar-refractivity contribution < 1.29 is 0 Å². The number of nitrogens with two attached hydrogens (primary N) is 1. The predicted octanol–water partition coefficient (Wildman–Crippen LogP) is 4.33. The van der Waals surface area contributed by atoms with Crippen molar-refractivity contribution in [3.63, 3.8) is 0 Å². The van der Waals surface area contributed by atoms with Crippen molar-refractivity contribution in [1.82, 2.24) is 0 Å². The lowest BCUT2D eigenvalue weighted by atomic mass is 10.1. The minimum Gasteiger partial charge on any atom is -0.389 e. The van der Waals surface area contributed by atoms with Crippen molar-refractivity contribution >= 4 is 40.2 Å². The average molecular weight is 291 g/mol. The molecule has 0 bridgehead atoms. The van der Waals surface area contributed by atoms with Gasteiger partial charge < -0.3 is 11.1 Å². The lowest BCUT2D eigenvalue weighted by molar-refractivity contribution is 1.34. The van der Waals surface area contributed by atoms with Crippen molar-refractivity contribution in [3.05, 3.63) is 58.1 Å². The van der Waals surface area contributed by atoms with Crippen LogP contribution in [0.2, 0.25) is 5.02 Å². The van der Waals surface area contributed by atoms with Gasteiger partial charge in [-0.1, -0.05) is 29.9 Å². The molecule has 0 aromatic heterocycles. The highest BCUT2D eigenvalue weighted by Gasteiger charge is 2.07. The first-order valence-electron chi connectivity index (χ1n) is 5.91. The number of halogens is 1. The lowest BCUT2D eigenvalue weighted by Crippen LogP contribution is -2.11. The molecule has 3 N–H and O–H groups in total. The molecule has 0 spiro atoms. The Bertz CT molecular complexity index is 638. The van der Waals surface area contributed by atoms with Gasteiger partial charge in [-0.2, -0.15) is 0 Å². The Labute approximate surface area is 123 Å². The van der Waals surface area contributed by atoms with Crippen LogP contribution in [-0.2, 0) is 0 Å². The van der Waals surface area contributed by atoms with Crippen molar-refractivity contribution in [3.8, 4) is 0 Å². The predicted molar refractivity (Wildman–Crippen MR) is 86.5 cm³/mol. The second-order valence-corrected chi connectivity index (χ2v) is 5.35. The van der Waals surface area contributed by atoms with E-state index in [4.69, 9.17) is 29.6 Å². The molecule has 0 fully saturated rings. The Hall–Kier alpha value is -1.58. The Morgan fingerprint density at radius 2 is 1.84 bits per heavy atom. The maximum Gasteiger partial charge on any atom is 0.106 e. The summed E-state index contributed by atoms with van der Waals surface area (Å²) in [7, 11) is 0. The molecule has 0 radical (unpaired) electrons. The summed E-state index contributed by atoms with van der Waals surface area (Å²) in [5, 5.41) is 3.96. The molecule has 0 aliphatic rings. The zero-order valence-electron chi connectivity index (χ0n) is 10.8. The molecular formula is C15H15ClN2S. The van der Waals surface area contributed by atoms with E-state index >= 15 is 0 Å². The summed E-state index contributed by atoms with van der Waals surface area (Å²) in [4.78, 5) is 0.350. The molecule has 0 amide bonds. The fourth-order valence-electron chi connectivity index (χ4n) is 1.81. The van der Waals surface area contributed by atoms with Crippen LogP contribution in [0.1, 0.15) is 16.7 Å². The number of nitrogens with one attached hydrogen (secondary N) is 1. The standard InChI is InChI=1S/C15H15ClN2S/c1-9-3-5-12(7-10(9)2)18-14-8-11(16)4-6-13(14)15(17)19/h3-8,18H,1-2H3,(H2,17,19). The van der Waals surface area contributed by atoms with Crippen LogP contribution >= 0.6 is 23.8 Å². The third kappa shape index (κ3) is 3.25. The Balaban J connectivity index is 2.39. The Morgan fingerprint density at radius 3 is 2.47 bits per heavy atom. The van der Waals surface area contributed by atoms with Gasteiger partial charge in [-0.05, 0) is 55.3 Å². The number of anilines is 2. The summed E-state index contributed by atoms with van der Waals surface area (Å²) in [6, 6.07) is 11.6. The van der Waals surface area contributed by atoms with Crippen LogP contribution < -0.4 is 11.1 Å². The van der Waals surface area contributed by atoms with Crippen molar-refractivity contribution in [1.29, 1.82) is 0 Å². The fraction of sp³-hybridized carbons (Fsp3) is 0.133. The zero-order valence-corrected chi connectivity index (χ0v) is 12.4. The summed E-state index contributed by atoms with van der Waals surface area (Å²) in [5.41, 5.74) is 10.8. The van der Waals surface area contributed by atoms with E-state index in [1.54, 1.807) is 6.07 Å². The SMILES string of the molecule is Cc1ccc(Nc2cc(Cl)ccc2C(N)=S)cc1C. The van der Waals surface area contributed by atoms with E-state index in [2.05, 4.69) is 31.3 Å². The summed E-state index contributed by atoms with van der Waals surface area (Å²) >= 11 is 11.1. The van der Waals surface area contributed by atoms with Gasteiger partial charge in [0.15, 0.2) is 0 Å². The van der Waals surface area contributed by atoms with Gasteiger partial charge in [0.05, 0.1) is 5.69 Å². The molecule has 2 rings (SSSR count). The summed E-state index contributed by atoms with van der Waals surface area (Å²) in [6.45, 7) is 4.16. The highest BCUT2D eigenvalue weighted by molar-refractivity contribution is 7.80. The number of aryl methyl sites for hydroxylation is 2. The molecule has 0 atom stereocenters. The molecule has 4 heteroatoms. The number of benzene rings is 2. The van der Waals surface area contributed by atoms with Gasteiger partial charge >= 0.3 is 0 Å². The van der Waals surface area contributed by atoms with E-state index in [0.717, 1.165) is 16.9 Å². The fourth-order valence-corrected chi connectivity index (χ4v) is 2.16. The van der Waals surface area contributed by atoms with Crippen LogP contribution in [0.5, 0.6) is 0 Å². The molecule has 0 saturated carbocycles. The van der Waals surface area contributed by atoms with Crippen LogP contribution in [0.3, 0.4) is 0 Å². The maximum atomic E-state index is 6.02. The molecule has 0 aliphatic heterocycles. The molecular weight excluding hydrogens is 276 g/mol. The van der Waals surface area contributed by atoms with Crippen LogP contribution in [0.15, 0.2) is 36.4 Å². The maximum absolute atomic E-state index is 6.02. The van der Waals surface area contributed by atoms with Crippen molar-refractivity contribution in [2.45, 2.75) is 13.8 Å². The summed E-state index contributed by atoms with van der Waals surface area (Å²) < 4.78 is 0. The molecule has 0 aliphatic carbocycles. The second-order valence-electron chi connectivity index (χ2n) is 4.48. The minimum atomic E-state index is 0.350. The average Bonchev–Trinajstić information content (AvgIpc) is 2.33. The summed E-state index contributed by atoms with van der Waals surface area (Å²) in [5.74, 6) is 0. The van der Waals surface area contributed by atoms with E-state index in [0.29, 0.717) is 10.0 Å². The van der Waals surface area contributed by atoms with Crippen LogP contribution in [-0.4, -0.2) is 4.99 Å². The smallest absolute Gasteiger partial charge is 0.106 e. The molecule has 2 aromatic carbocycles. The first kappa shape index (κ1) is 13.8. The van der Waals surface area contributed by atoms with E-state index < -0.39 is 0 Å². The van der Waals surface area contributed by atoms with Gasteiger partial charge in [-0.15, -0.1) is 0 Å². The molecule has 2 nitrogen and oxygen atoms in total. The number of hydrogen-bond donors (Lipinski definition) is 2. The Morgan fingerprint density at radius 1 is 1.11 bits per heavy atom. The minimum absolute atomic E-state index is 0.350. The topological polar surface area (TPSA) is 38.0 Å². The van der Waals surface area contributed by atoms with E-state index in [1.165, 1.54) is 11.1 Å². The first-order chi connectivity index (χ1) is 8.97. The van der Waals surface area contributed by atoms with Crippen LogP contribution in [0.4, 0.5) is 11.4 Å². The lowest BCUT2D eigenvalue weighted by Gasteiger charge is -2.13. The van der Waals surface area contributed by atoms with Gasteiger partial charge in [0, 0.05) is 16.3 Å². The van der Waals surface area contributed by atoms with Crippen LogP contribution in [0, 0.1) is 13.8 Å². The Kier molecular flexibility index (Phi) is 4.08. The van der Waals surface area contributed by atoms with Crippen molar-refractivity contribution in [2.24, 2.45) is 5.73 Å². The highest BCUT2D eigenvalue weighted by Crippen LogP contribution is 2.25. The third-order valence-corrected chi connectivity index (χ3v) is 3.49. The number of thiocarbonyl (C=S) groups is 1. The van der Waals surface area contributed by atoms with Crippen molar-refractivity contribution in [2.75, 3.05) is 5.32 Å². The monoisotopic (exact) mass is 290 g/mol. The third-order valence-electron chi connectivity index (χ3n) is 3.03. The number of rotatable bonds is 3. The quantitative estimate of drug-likeness (QED) is 0.826. The molecule has 0 heterocycles. The zero-order chi connectivity index (χ0) is 14.0. The van der Waals surface area contributed by atoms with Gasteiger partial charge in [0.2, 0.25) is 0 Å².